The Hall–Kier alpha value is -3.50. The van der Waals surface area contributed by atoms with E-state index in [9.17, 15) is 4.79 Å². The SMILES string of the molecule is Cc1cccc(C)c1-c1cc2nc(n1)NSc1cccc(c1)C(=O)N(Cc1ncc(Br)cn1)[C@H](CC(C)(C)C)CO2. The molecule has 2 aromatic heterocycles. The van der Waals surface area contributed by atoms with Gasteiger partial charge in [-0.2, -0.15) is 4.98 Å². The van der Waals surface area contributed by atoms with Gasteiger partial charge in [0.05, 0.1) is 22.8 Å². The smallest absolute Gasteiger partial charge is 0.254 e. The van der Waals surface area contributed by atoms with Crippen molar-refractivity contribution in [2.24, 2.45) is 5.41 Å². The molecule has 10 heteroatoms. The fourth-order valence-corrected chi connectivity index (χ4v) is 5.78. The lowest BCUT2D eigenvalue weighted by molar-refractivity contribution is 0.0505. The van der Waals surface area contributed by atoms with Gasteiger partial charge in [0.1, 0.15) is 12.4 Å². The fourth-order valence-electron chi connectivity index (χ4n) is 4.94. The van der Waals surface area contributed by atoms with Crippen molar-refractivity contribution >= 4 is 39.7 Å². The first-order chi connectivity index (χ1) is 19.6. The summed E-state index contributed by atoms with van der Waals surface area (Å²) in [6.45, 7) is 11.1. The highest BCUT2D eigenvalue weighted by atomic mass is 79.9. The zero-order valence-electron chi connectivity index (χ0n) is 23.8. The van der Waals surface area contributed by atoms with E-state index in [1.165, 1.54) is 11.9 Å². The molecule has 4 aromatic rings. The molecule has 0 fully saturated rings. The zero-order chi connectivity index (χ0) is 29.1. The van der Waals surface area contributed by atoms with Crippen molar-refractivity contribution in [1.29, 1.82) is 0 Å². The molecular weight excluding hydrogens is 600 g/mol. The number of aryl methyl sites for hydroxylation is 2. The van der Waals surface area contributed by atoms with E-state index in [0.717, 1.165) is 31.8 Å². The number of amides is 1. The molecular formula is C31H33BrN6O2S. The van der Waals surface area contributed by atoms with Gasteiger partial charge in [0, 0.05) is 34.5 Å². The molecule has 8 nitrogen and oxygen atoms in total. The number of carbonyl (C=O) groups excluding carboxylic acids is 1. The summed E-state index contributed by atoms with van der Waals surface area (Å²) in [5.74, 6) is 1.33. The highest BCUT2D eigenvalue weighted by molar-refractivity contribution is 9.10. The van der Waals surface area contributed by atoms with Crippen LogP contribution in [0.3, 0.4) is 0 Å². The second kappa shape index (κ2) is 12.2. The number of hydrogen-bond acceptors (Lipinski definition) is 8. The Balaban J connectivity index is 1.60. The predicted molar refractivity (Wildman–Crippen MR) is 166 cm³/mol. The minimum Gasteiger partial charge on any atom is -0.475 e. The Morgan fingerprint density at radius 3 is 2.46 bits per heavy atom. The summed E-state index contributed by atoms with van der Waals surface area (Å²) >= 11 is 4.76. The summed E-state index contributed by atoms with van der Waals surface area (Å²) in [4.78, 5) is 35.3. The van der Waals surface area contributed by atoms with E-state index in [1.54, 1.807) is 12.4 Å². The Labute approximate surface area is 253 Å². The number of nitrogens with zero attached hydrogens (tertiary/aromatic N) is 5. The number of hydrogen-bond donors (Lipinski definition) is 1. The molecule has 0 unspecified atom stereocenters. The van der Waals surface area contributed by atoms with Gasteiger partial charge in [0.25, 0.3) is 5.91 Å². The molecule has 1 aliphatic heterocycles. The summed E-state index contributed by atoms with van der Waals surface area (Å²) < 4.78 is 10.5. The van der Waals surface area contributed by atoms with E-state index in [1.807, 2.05) is 41.3 Å². The molecule has 0 aliphatic carbocycles. The van der Waals surface area contributed by atoms with Gasteiger partial charge >= 0.3 is 0 Å². The lowest BCUT2D eigenvalue weighted by Gasteiger charge is -2.35. The molecule has 41 heavy (non-hydrogen) atoms. The van der Waals surface area contributed by atoms with E-state index >= 15 is 0 Å². The molecule has 1 N–H and O–H groups in total. The summed E-state index contributed by atoms with van der Waals surface area (Å²) in [5.41, 5.74) is 4.57. The second-order valence-electron chi connectivity index (χ2n) is 11.4. The maximum absolute atomic E-state index is 14.1. The first-order valence-electron chi connectivity index (χ1n) is 13.4. The van der Waals surface area contributed by atoms with Crippen LogP contribution >= 0.6 is 27.9 Å². The van der Waals surface area contributed by atoms with Crippen molar-refractivity contribution in [3.05, 3.63) is 87.9 Å². The largest absolute Gasteiger partial charge is 0.475 e. The van der Waals surface area contributed by atoms with Crippen LogP contribution in [0.15, 0.2) is 70.3 Å². The lowest BCUT2D eigenvalue weighted by atomic mass is 9.87. The number of halogens is 1. The van der Waals surface area contributed by atoms with E-state index < -0.39 is 0 Å². The van der Waals surface area contributed by atoms with Crippen LogP contribution in [0.5, 0.6) is 5.88 Å². The minimum absolute atomic E-state index is 0.0827. The Bertz CT molecular complexity index is 1540. The molecule has 0 saturated carbocycles. The van der Waals surface area contributed by atoms with Crippen molar-refractivity contribution in [1.82, 2.24) is 24.8 Å². The molecule has 1 atom stereocenters. The highest BCUT2D eigenvalue weighted by Crippen LogP contribution is 2.32. The highest BCUT2D eigenvalue weighted by Gasteiger charge is 2.31. The van der Waals surface area contributed by atoms with E-state index in [0.29, 0.717) is 29.6 Å². The number of fused-ring (bicyclic) bond motifs is 4. The van der Waals surface area contributed by atoms with Gasteiger partial charge in [0.2, 0.25) is 11.8 Å². The van der Waals surface area contributed by atoms with Crippen LogP contribution in [-0.2, 0) is 6.54 Å². The van der Waals surface area contributed by atoms with Crippen molar-refractivity contribution in [2.45, 2.75) is 58.5 Å². The lowest BCUT2D eigenvalue weighted by Crippen LogP contribution is -2.45. The third-order valence-corrected chi connectivity index (χ3v) is 7.92. The van der Waals surface area contributed by atoms with Gasteiger partial charge in [-0.3, -0.25) is 9.52 Å². The van der Waals surface area contributed by atoms with E-state index in [4.69, 9.17) is 14.7 Å². The molecule has 2 aromatic carbocycles. The standard InChI is InChI=1S/C31H33BrN6O2S/c1-19-8-6-9-20(2)28(19)25-13-27-36-30(35-25)37-41-24-11-7-10-21(12-24)29(39)38(17-26-33-15-22(32)16-34-26)23(18-40-27)14-31(3,4)5/h6-13,15-16,23H,14,17-18H2,1-5H3,(H,35,36,37)/t23-/m1/s1. The fraction of sp³-hybridized carbons (Fsp3) is 0.323. The first-order valence-corrected chi connectivity index (χ1v) is 15.1. The van der Waals surface area contributed by atoms with Crippen LogP contribution in [0.1, 0.15) is 54.5 Å². The van der Waals surface area contributed by atoms with Crippen molar-refractivity contribution in [2.75, 3.05) is 11.3 Å². The average molecular weight is 634 g/mol. The quantitative estimate of drug-likeness (QED) is 0.235. The number of rotatable bonds is 4. The zero-order valence-corrected chi connectivity index (χ0v) is 26.2. The molecule has 4 bridgehead atoms. The summed E-state index contributed by atoms with van der Waals surface area (Å²) in [6.07, 6.45) is 4.09. The molecule has 5 rings (SSSR count). The topological polar surface area (TPSA) is 93.1 Å². The third-order valence-electron chi connectivity index (χ3n) is 6.74. The number of nitrogens with one attached hydrogen (secondary N) is 1. The number of aromatic nitrogens is 4. The van der Waals surface area contributed by atoms with E-state index in [-0.39, 0.29) is 30.5 Å². The molecule has 0 saturated heterocycles. The maximum atomic E-state index is 14.1. The Morgan fingerprint density at radius 2 is 1.76 bits per heavy atom. The molecule has 0 radical (unpaired) electrons. The molecule has 3 heterocycles. The van der Waals surface area contributed by atoms with Crippen LogP contribution in [0.2, 0.25) is 0 Å². The van der Waals surface area contributed by atoms with Gasteiger partial charge < -0.3 is 9.64 Å². The molecule has 212 valence electrons. The van der Waals surface area contributed by atoms with Crippen molar-refractivity contribution < 1.29 is 9.53 Å². The second-order valence-corrected chi connectivity index (χ2v) is 13.2. The monoisotopic (exact) mass is 632 g/mol. The Morgan fingerprint density at radius 1 is 1.05 bits per heavy atom. The third kappa shape index (κ3) is 7.23. The van der Waals surface area contributed by atoms with Crippen molar-refractivity contribution in [3.8, 4) is 17.1 Å². The van der Waals surface area contributed by atoms with E-state index in [2.05, 4.69) is 77.4 Å². The molecule has 1 aliphatic rings. The summed E-state index contributed by atoms with van der Waals surface area (Å²) in [5, 5.41) is 0. The van der Waals surface area contributed by atoms with Crippen LogP contribution < -0.4 is 9.46 Å². The van der Waals surface area contributed by atoms with Gasteiger partial charge in [0.15, 0.2) is 0 Å². The molecule has 0 spiro atoms. The number of carbonyl (C=O) groups is 1. The molecule has 1 amide bonds. The predicted octanol–water partition coefficient (Wildman–Crippen LogP) is 7.27. The van der Waals surface area contributed by atoms with Crippen LogP contribution in [0, 0.1) is 19.3 Å². The number of benzene rings is 2. The Kier molecular flexibility index (Phi) is 8.60. The number of ether oxygens (including phenoxy) is 1. The normalized spacial score (nSPS) is 15.7. The van der Waals surface area contributed by atoms with Gasteiger partial charge in [-0.25, -0.2) is 15.0 Å². The van der Waals surface area contributed by atoms with Gasteiger partial charge in [-0.05, 0) is 82.9 Å². The van der Waals surface area contributed by atoms with Crippen molar-refractivity contribution in [3.63, 3.8) is 0 Å². The minimum atomic E-state index is -0.276. The number of anilines is 1. The van der Waals surface area contributed by atoms with Crippen LogP contribution in [0.4, 0.5) is 5.95 Å². The van der Waals surface area contributed by atoms with Crippen LogP contribution in [-0.4, -0.2) is 43.4 Å². The maximum Gasteiger partial charge on any atom is 0.254 e. The average Bonchev–Trinajstić information content (AvgIpc) is 2.93. The van der Waals surface area contributed by atoms with Gasteiger partial charge in [-0.15, -0.1) is 0 Å². The van der Waals surface area contributed by atoms with Gasteiger partial charge in [-0.1, -0.05) is 45.0 Å². The van der Waals surface area contributed by atoms with Crippen LogP contribution in [0.25, 0.3) is 11.3 Å². The summed E-state index contributed by atoms with van der Waals surface area (Å²) in [7, 11) is 0. The first kappa shape index (κ1) is 29.0. The summed E-state index contributed by atoms with van der Waals surface area (Å²) in [6, 6.07) is 15.4.